The number of hydrogen-bond acceptors (Lipinski definition) is 0. The van der Waals surface area contributed by atoms with Crippen LogP contribution < -0.4 is 0 Å². The molecule has 0 spiro atoms. The Morgan fingerprint density at radius 1 is 1.36 bits per heavy atom. The van der Waals surface area contributed by atoms with Gasteiger partial charge in [0.15, 0.2) is 0 Å². The van der Waals surface area contributed by atoms with E-state index in [-0.39, 0.29) is 32.7 Å². The molecule has 0 aliphatic rings. The quantitative estimate of drug-likeness (QED) is 0.544. The second-order valence-corrected chi connectivity index (χ2v) is 3.04. The number of aromatic nitrogens is 1. The summed E-state index contributed by atoms with van der Waals surface area (Å²) in [4.78, 5) is 0. The number of fused-ring (bicyclic) bond motifs is 1. The van der Waals surface area contributed by atoms with E-state index in [1.54, 1.807) is 4.57 Å². The molecule has 3 heteroatoms. The van der Waals surface area contributed by atoms with Crippen molar-refractivity contribution in [1.82, 2.24) is 4.57 Å². The predicted octanol–water partition coefficient (Wildman–Crippen LogP) is 2.42. The van der Waals surface area contributed by atoms with Crippen LogP contribution in [0.4, 0.5) is 0 Å². The van der Waals surface area contributed by atoms with E-state index in [2.05, 4.69) is 13.6 Å². The normalized spacial score (nSPS) is 9.71. The zero-order valence-corrected chi connectivity index (χ0v) is 10.7. The molecule has 1 aromatic heterocycles. The van der Waals surface area contributed by atoms with Crippen LogP contribution in [0.1, 0.15) is 5.69 Å². The molecule has 0 unspecified atom stereocenters. The van der Waals surface area contributed by atoms with Crippen molar-refractivity contribution in [2.45, 2.75) is 0 Å². The van der Waals surface area contributed by atoms with Crippen LogP contribution in [-0.4, -0.2) is 12.4 Å². The monoisotopic (exact) mass is 255 g/mol. The van der Waals surface area contributed by atoms with Crippen molar-refractivity contribution in [2.24, 2.45) is 0 Å². The van der Waals surface area contributed by atoms with E-state index in [1.165, 1.54) is 0 Å². The summed E-state index contributed by atoms with van der Waals surface area (Å²) in [7, 11) is 9.53. The second-order valence-electron chi connectivity index (χ2n) is 3.04. The molecule has 2 aromatic rings. The average Bonchev–Trinajstić information content (AvgIpc) is 2.45. The van der Waals surface area contributed by atoms with E-state index < -0.39 is 0 Å². The molecule has 14 heavy (non-hydrogen) atoms. The zero-order chi connectivity index (χ0) is 9.42. The van der Waals surface area contributed by atoms with Gasteiger partial charge in [-0.3, -0.25) is 0 Å². The van der Waals surface area contributed by atoms with Crippen molar-refractivity contribution in [3.63, 3.8) is 0 Å². The summed E-state index contributed by atoms with van der Waals surface area (Å²) in [6, 6.07) is 10.0. The third kappa shape index (κ3) is 1.82. The minimum Gasteiger partial charge on any atom is -0.482 e. The molecular weight excluding hydrogens is 246 g/mol. The van der Waals surface area contributed by atoms with E-state index in [4.69, 9.17) is 7.85 Å². The first-order valence-electron chi connectivity index (χ1n) is 4.06. The molecule has 3 radical (unpaired) electrons. The van der Waals surface area contributed by atoms with Gasteiger partial charge in [-0.15, -0.1) is 19.1 Å². The molecule has 0 saturated heterocycles. The average molecular weight is 255 g/mol. The topological polar surface area (TPSA) is 4.93 Å². The fraction of sp³-hybridized carbons (Fsp3) is 0. The van der Waals surface area contributed by atoms with Crippen molar-refractivity contribution in [3.8, 4) is 0 Å². The van der Waals surface area contributed by atoms with Gasteiger partial charge in [0.05, 0.1) is 7.85 Å². The Balaban J connectivity index is 0.000000980. The first kappa shape index (κ1) is 11.6. The molecule has 65 valence electrons. The van der Waals surface area contributed by atoms with Gasteiger partial charge in [0.25, 0.3) is 0 Å². The molecule has 0 aliphatic carbocycles. The summed E-state index contributed by atoms with van der Waals surface area (Å²) < 4.78 is 1.80. The van der Waals surface area contributed by atoms with Crippen LogP contribution in [0.3, 0.4) is 0 Å². The first-order chi connectivity index (χ1) is 6.20. The van der Waals surface area contributed by atoms with E-state index in [0.29, 0.717) is 5.47 Å². The fourth-order valence-electron chi connectivity index (χ4n) is 1.48. The van der Waals surface area contributed by atoms with E-state index in [0.717, 1.165) is 16.6 Å². The summed E-state index contributed by atoms with van der Waals surface area (Å²) in [6.07, 6.45) is 0. The van der Waals surface area contributed by atoms with Crippen LogP contribution in [0.5, 0.6) is 0 Å². The van der Waals surface area contributed by atoms with Gasteiger partial charge in [-0.1, -0.05) is 46.9 Å². The standard InChI is InChI=1S/C11H9BN.Y/c1-8(12)11-7-9-5-3-4-6-10(9)13(11)2;/h3-7H,1-2H2;/q-1;. The van der Waals surface area contributed by atoms with Crippen LogP contribution in [0, 0.1) is 7.05 Å². The SMILES string of the molecule is [B]C(=C)c1cc2ccccc2n1[CH2-].[Y]. The van der Waals surface area contributed by atoms with Gasteiger partial charge in [-0.05, 0) is 0 Å². The van der Waals surface area contributed by atoms with Gasteiger partial charge < -0.3 is 4.57 Å². The van der Waals surface area contributed by atoms with Crippen LogP contribution >= 0.6 is 0 Å². The van der Waals surface area contributed by atoms with Gasteiger partial charge in [0.1, 0.15) is 0 Å². The number of nitrogens with zero attached hydrogens (tertiary/aromatic N) is 1. The molecule has 1 heterocycles. The van der Waals surface area contributed by atoms with Crippen molar-refractivity contribution < 1.29 is 32.7 Å². The minimum atomic E-state index is 0. The van der Waals surface area contributed by atoms with Crippen molar-refractivity contribution in [3.05, 3.63) is 49.7 Å². The van der Waals surface area contributed by atoms with Crippen molar-refractivity contribution >= 4 is 24.2 Å². The summed E-state index contributed by atoms with van der Waals surface area (Å²) in [5, 5.41) is 1.14. The van der Waals surface area contributed by atoms with Gasteiger partial charge >= 0.3 is 0 Å². The Kier molecular flexibility index (Phi) is 3.63. The minimum absolute atomic E-state index is 0. The summed E-state index contributed by atoms with van der Waals surface area (Å²) in [5.41, 5.74) is 2.50. The third-order valence-corrected chi connectivity index (χ3v) is 2.14. The molecule has 0 atom stereocenters. The molecule has 0 bridgehead atoms. The number of hydrogen-bond donors (Lipinski definition) is 0. The molecule has 0 aliphatic heterocycles. The molecule has 2 rings (SSSR count). The molecular formula is C11H9BNY-. The maximum absolute atomic E-state index is 5.62. The molecule has 0 N–H and O–H groups in total. The number of benzene rings is 1. The van der Waals surface area contributed by atoms with Crippen LogP contribution in [0.2, 0.25) is 0 Å². The van der Waals surface area contributed by atoms with Gasteiger partial charge in [-0.25, -0.2) is 0 Å². The first-order valence-corrected chi connectivity index (χ1v) is 4.06. The predicted molar refractivity (Wildman–Crippen MR) is 57.5 cm³/mol. The van der Waals surface area contributed by atoms with E-state index in [1.807, 2.05) is 30.3 Å². The largest absolute Gasteiger partial charge is 0.482 e. The second kappa shape index (κ2) is 4.37. The molecule has 1 nitrogen and oxygen atoms in total. The Morgan fingerprint density at radius 2 is 2.00 bits per heavy atom. The maximum Gasteiger partial charge on any atom is 0.0968 e. The molecule has 1 aromatic carbocycles. The fourth-order valence-corrected chi connectivity index (χ4v) is 1.48. The molecule has 0 saturated carbocycles. The molecule has 0 amide bonds. The maximum atomic E-state index is 5.62. The zero-order valence-electron chi connectivity index (χ0n) is 7.90. The van der Waals surface area contributed by atoms with Crippen molar-refractivity contribution in [1.29, 1.82) is 0 Å². The van der Waals surface area contributed by atoms with Gasteiger partial charge in [0, 0.05) is 32.7 Å². The summed E-state index contributed by atoms with van der Waals surface area (Å²) in [6.45, 7) is 3.70. The smallest absolute Gasteiger partial charge is 0.0968 e. The van der Waals surface area contributed by atoms with Gasteiger partial charge in [-0.2, -0.15) is 0 Å². The van der Waals surface area contributed by atoms with E-state index >= 15 is 0 Å². The summed E-state index contributed by atoms with van der Waals surface area (Å²) >= 11 is 0. The number of para-hydroxylation sites is 1. The Hall–Kier alpha value is -0.461. The van der Waals surface area contributed by atoms with Crippen LogP contribution in [0.15, 0.2) is 36.9 Å². The summed E-state index contributed by atoms with van der Waals surface area (Å²) in [5.74, 6) is 0. The van der Waals surface area contributed by atoms with Gasteiger partial charge in [0.2, 0.25) is 0 Å². The Morgan fingerprint density at radius 3 is 2.57 bits per heavy atom. The third-order valence-electron chi connectivity index (χ3n) is 2.14. The van der Waals surface area contributed by atoms with Crippen LogP contribution in [0.25, 0.3) is 16.4 Å². The van der Waals surface area contributed by atoms with E-state index in [9.17, 15) is 0 Å². The van der Waals surface area contributed by atoms with Crippen molar-refractivity contribution in [2.75, 3.05) is 0 Å². The van der Waals surface area contributed by atoms with Crippen LogP contribution in [-0.2, 0) is 32.7 Å². The molecule has 0 fully saturated rings. The Bertz CT molecular complexity index is 473. The Labute approximate surface area is 110 Å². The number of rotatable bonds is 1.